The van der Waals surface area contributed by atoms with E-state index >= 15 is 0 Å². The number of aromatic nitrogens is 1. The number of anilines is 2. The number of nitrogens with zero attached hydrogens (tertiary/aromatic N) is 1. The lowest BCUT2D eigenvalue weighted by Crippen LogP contribution is -2.24. The Bertz CT molecular complexity index is 1090. The van der Waals surface area contributed by atoms with Crippen LogP contribution in [0.1, 0.15) is 16.1 Å². The molecule has 4 rings (SSSR count). The summed E-state index contributed by atoms with van der Waals surface area (Å²) in [5.74, 6) is 0.264. The maximum Gasteiger partial charge on any atom is 0.270 e. The molecule has 1 amide bonds. The normalized spacial score (nSPS) is 10.7. The molecule has 2 aromatic heterocycles. The molecule has 5 nitrogen and oxygen atoms in total. The van der Waals surface area contributed by atoms with Crippen LogP contribution in [0.5, 0.6) is 0 Å². The first-order chi connectivity index (χ1) is 13.2. The van der Waals surface area contributed by atoms with Gasteiger partial charge in [0.1, 0.15) is 17.1 Å². The Balaban J connectivity index is 1.60. The third-order valence-electron chi connectivity index (χ3n) is 4.12. The molecule has 0 fully saturated rings. The summed E-state index contributed by atoms with van der Waals surface area (Å²) in [7, 11) is 0. The minimum Gasteiger partial charge on any atom is -0.464 e. The van der Waals surface area contributed by atoms with Crippen molar-refractivity contribution in [3.63, 3.8) is 0 Å². The van der Waals surface area contributed by atoms with Crippen molar-refractivity contribution in [2.45, 2.75) is 6.54 Å². The number of para-hydroxylation sites is 1. The fourth-order valence-corrected chi connectivity index (χ4v) is 2.95. The molecule has 0 aliphatic heterocycles. The molecule has 0 unspecified atom stereocenters. The summed E-state index contributed by atoms with van der Waals surface area (Å²) in [4.78, 5) is 17.1. The summed E-state index contributed by atoms with van der Waals surface area (Å²) in [5.41, 5.74) is 2.57. The van der Waals surface area contributed by atoms with Crippen LogP contribution >= 0.6 is 11.6 Å². The van der Waals surface area contributed by atoms with Gasteiger partial charge in [0, 0.05) is 23.3 Å². The highest BCUT2D eigenvalue weighted by Gasteiger charge is 2.14. The SMILES string of the molecule is O=C(NCc1ccccc1Cl)c1cc2occc2c(Nc2ccccc2)n1. The molecule has 0 atom stereocenters. The van der Waals surface area contributed by atoms with Crippen molar-refractivity contribution in [2.75, 3.05) is 5.32 Å². The maximum absolute atomic E-state index is 12.6. The Kier molecular flexibility index (Phi) is 4.77. The molecule has 0 aliphatic carbocycles. The van der Waals surface area contributed by atoms with Crippen LogP contribution < -0.4 is 10.6 Å². The predicted octanol–water partition coefficient (Wildman–Crippen LogP) is 5.15. The number of fused-ring (bicyclic) bond motifs is 1. The first kappa shape index (κ1) is 17.1. The van der Waals surface area contributed by atoms with Gasteiger partial charge in [0.05, 0.1) is 11.6 Å². The zero-order valence-electron chi connectivity index (χ0n) is 14.3. The van der Waals surface area contributed by atoms with Gasteiger partial charge in [0.25, 0.3) is 5.91 Å². The Morgan fingerprint density at radius 3 is 2.63 bits per heavy atom. The number of nitrogens with one attached hydrogen (secondary N) is 2. The first-order valence-corrected chi connectivity index (χ1v) is 8.80. The van der Waals surface area contributed by atoms with Gasteiger partial charge in [-0.1, -0.05) is 48.0 Å². The average molecular weight is 378 g/mol. The van der Waals surface area contributed by atoms with Crippen molar-refractivity contribution < 1.29 is 9.21 Å². The molecular formula is C21H16ClN3O2. The second-order valence-corrected chi connectivity index (χ2v) is 6.36. The molecule has 2 N–H and O–H groups in total. The van der Waals surface area contributed by atoms with E-state index in [1.807, 2.05) is 54.6 Å². The predicted molar refractivity (Wildman–Crippen MR) is 106 cm³/mol. The molecule has 6 heteroatoms. The van der Waals surface area contributed by atoms with Gasteiger partial charge >= 0.3 is 0 Å². The van der Waals surface area contributed by atoms with E-state index in [0.29, 0.717) is 23.0 Å². The first-order valence-electron chi connectivity index (χ1n) is 8.42. The second-order valence-electron chi connectivity index (χ2n) is 5.95. The Morgan fingerprint density at radius 1 is 1.04 bits per heavy atom. The van der Waals surface area contributed by atoms with Crippen molar-refractivity contribution in [2.24, 2.45) is 0 Å². The van der Waals surface area contributed by atoms with Crippen LogP contribution in [-0.4, -0.2) is 10.9 Å². The third kappa shape index (κ3) is 3.78. The largest absolute Gasteiger partial charge is 0.464 e. The van der Waals surface area contributed by atoms with Gasteiger partial charge in [-0.15, -0.1) is 0 Å². The van der Waals surface area contributed by atoms with Crippen molar-refractivity contribution in [1.29, 1.82) is 0 Å². The Labute approximate surface area is 161 Å². The van der Waals surface area contributed by atoms with Crippen LogP contribution in [0.25, 0.3) is 11.0 Å². The number of amides is 1. The molecule has 0 spiro atoms. The number of benzene rings is 2. The molecule has 0 radical (unpaired) electrons. The summed E-state index contributed by atoms with van der Waals surface area (Å²) in [6, 6.07) is 20.5. The number of carbonyl (C=O) groups excluding carboxylic acids is 1. The highest BCUT2D eigenvalue weighted by atomic mass is 35.5. The van der Waals surface area contributed by atoms with Crippen molar-refractivity contribution in [3.8, 4) is 0 Å². The summed E-state index contributed by atoms with van der Waals surface area (Å²) < 4.78 is 5.49. The number of furan rings is 1. The zero-order valence-corrected chi connectivity index (χ0v) is 15.0. The molecule has 0 saturated carbocycles. The molecule has 4 aromatic rings. The van der Waals surface area contributed by atoms with E-state index < -0.39 is 0 Å². The van der Waals surface area contributed by atoms with Gasteiger partial charge in [-0.05, 0) is 29.8 Å². The number of rotatable bonds is 5. The van der Waals surface area contributed by atoms with Gasteiger partial charge in [-0.3, -0.25) is 4.79 Å². The number of hydrogen-bond acceptors (Lipinski definition) is 4. The van der Waals surface area contributed by atoms with Gasteiger partial charge < -0.3 is 15.1 Å². The lowest BCUT2D eigenvalue weighted by molar-refractivity contribution is 0.0946. The van der Waals surface area contributed by atoms with Crippen LogP contribution in [0.4, 0.5) is 11.5 Å². The number of pyridine rings is 1. The monoisotopic (exact) mass is 377 g/mol. The van der Waals surface area contributed by atoms with Crippen molar-refractivity contribution in [1.82, 2.24) is 10.3 Å². The van der Waals surface area contributed by atoms with Crippen LogP contribution in [0.3, 0.4) is 0 Å². The number of hydrogen-bond donors (Lipinski definition) is 2. The fraction of sp³-hybridized carbons (Fsp3) is 0.0476. The van der Waals surface area contributed by atoms with Crippen LogP contribution in [0.2, 0.25) is 5.02 Å². The second kappa shape index (κ2) is 7.51. The third-order valence-corrected chi connectivity index (χ3v) is 4.49. The van der Waals surface area contributed by atoms with Gasteiger partial charge in [-0.2, -0.15) is 0 Å². The number of carbonyl (C=O) groups is 1. The van der Waals surface area contributed by atoms with Gasteiger partial charge in [0.15, 0.2) is 0 Å². The van der Waals surface area contributed by atoms with E-state index in [1.165, 1.54) is 0 Å². The van der Waals surface area contributed by atoms with Crippen LogP contribution in [0, 0.1) is 0 Å². The van der Waals surface area contributed by atoms with E-state index in [9.17, 15) is 4.79 Å². The molecule has 0 aliphatic rings. The number of halogens is 1. The quantitative estimate of drug-likeness (QED) is 0.504. The Morgan fingerprint density at radius 2 is 1.81 bits per heavy atom. The summed E-state index contributed by atoms with van der Waals surface area (Å²) >= 11 is 6.14. The molecule has 27 heavy (non-hydrogen) atoms. The highest BCUT2D eigenvalue weighted by Crippen LogP contribution is 2.26. The molecular weight excluding hydrogens is 362 g/mol. The summed E-state index contributed by atoms with van der Waals surface area (Å²) in [6.07, 6.45) is 1.58. The fourth-order valence-electron chi connectivity index (χ4n) is 2.74. The van der Waals surface area contributed by atoms with Gasteiger partial charge in [-0.25, -0.2) is 4.98 Å². The van der Waals surface area contributed by atoms with Gasteiger partial charge in [0.2, 0.25) is 0 Å². The minimum absolute atomic E-state index is 0.267. The lowest BCUT2D eigenvalue weighted by Gasteiger charge is -2.10. The van der Waals surface area contributed by atoms with Crippen LogP contribution in [-0.2, 0) is 6.54 Å². The van der Waals surface area contributed by atoms with Crippen LogP contribution in [0.15, 0.2) is 77.4 Å². The van der Waals surface area contributed by atoms with Crippen molar-refractivity contribution in [3.05, 3.63) is 89.3 Å². The lowest BCUT2D eigenvalue weighted by atomic mass is 10.2. The summed E-state index contributed by atoms with van der Waals surface area (Å²) in [5, 5.41) is 7.50. The summed E-state index contributed by atoms with van der Waals surface area (Å²) in [6.45, 7) is 0.317. The highest BCUT2D eigenvalue weighted by molar-refractivity contribution is 6.31. The molecule has 2 aromatic carbocycles. The van der Waals surface area contributed by atoms with Crippen molar-refractivity contribution >= 4 is 40.0 Å². The average Bonchev–Trinajstić information content (AvgIpc) is 3.17. The molecule has 0 bridgehead atoms. The smallest absolute Gasteiger partial charge is 0.270 e. The molecule has 2 heterocycles. The van der Waals surface area contributed by atoms with E-state index in [4.69, 9.17) is 16.0 Å². The molecule has 0 saturated heterocycles. The van der Waals surface area contributed by atoms with E-state index in [-0.39, 0.29) is 11.6 Å². The Hall–Kier alpha value is -3.31. The molecule has 134 valence electrons. The van der Waals surface area contributed by atoms with E-state index in [0.717, 1.165) is 16.6 Å². The van der Waals surface area contributed by atoms with E-state index in [1.54, 1.807) is 18.4 Å². The standard InChI is InChI=1S/C21H16ClN3O2/c22-17-9-5-4-6-14(17)13-23-21(26)18-12-19-16(10-11-27-19)20(25-18)24-15-7-2-1-3-8-15/h1-12H,13H2,(H,23,26)(H,24,25). The zero-order chi connectivity index (χ0) is 18.6. The topological polar surface area (TPSA) is 67.2 Å². The minimum atomic E-state index is -0.302. The van der Waals surface area contributed by atoms with E-state index in [2.05, 4.69) is 15.6 Å². The maximum atomic E-state index is 12.6.